The molecule has 0 saturated heterocycles. The third-order valence-corrected chi connectivity index (χ3v) is 4.27. The van der Waals surface area contributed by atoms with E-state index in [0.29, 0.717) is 21.4 Å². The van der Waals surface area contributed by atoms with Gasteiger partial charge in [-0.3, -0.25) is 0 Å². The van der Waals surface area contributed by atoms with Gasteiger partial charge in [-0.25, -0.2) is 4.79 Å². The van der Waals surface area contributed by atoms with Gasteiger partial charge in [-0.05, 0) is 50.2 Å². The summed E-state index contributed by atoms with van der Waals surface area (Å²) in [5, 5.41) is 6.17. The maximum atomic E-state index is 12.0. The minimum absolute atomic E-state index is 0.321. The number of amides is 2. The average Bonchev–Trinajstić information content (AvgIpc) is 2.54. The second-order valence-electron chi connectivity index (χ2n) is 4.90. The molecule has 0 saturated carbocycles. The molecule has 2 aromatic rings. The Balaban J connectivity index is 2.01. The highest BCUT2D eigenvalue weighted by Gasteiger charge is 2.08. The number of rotatable bonds is 5. The van der Waals surface area contributed by atoms with Gasteiger partial charge in [0.2, 0.25) is 0 Å². The van der Waals surface area contributed by atoms with Crippen molar-refractivity contribution in [1.29, 1.82) is 0 Å². The van der Waals surface area contributed by atoms with Crippen molar-refractivity contribution in [2.45, 2.75) is 13.8 Å². The number of hydrogen-bond acceptors (Lipinski definition) is 2. The number of carbonyl (C=O) groups excluding carboxylic acids is 1. The Morgan fingerprint density at radius 3 is 2.26 bits per heavy atom. The maximum absolute atomic E-state index is 12.0. The Bertz CT molecular complexity index is 670. The van der Waals surface area contributed by atoms with E-state index >= 15 is 0 Å². The summed E-state index contributed by atoms with van der Waals surface area (Å²) in [5.74, 6) is 0. The molecule has 2 amide bonds. The topological polar surface area (TPSA) is 44.4 Å². The Morgan fingerprint density at radius 2 is 1.65 bits per heavy atom. The number of carbonyl (C=O) groups is 1. The Hall–Kier alpha value is -1.91. The molecule has 0 aliphatic rings. The van der Waals surface area contributed by atoms with E-state index in [0.717, 1.165) is 18.8 Å². The minimum Gasteiger partial charge on any atom is -0.372 e. The highest BCUT2D eigenvalue weighted by Crippen LogP contribution is 2.29. The molecule has 0 heterocycles. The summed E-state index contributed by atoms with van der Waals surface area (Å²) in [7, 11) is 0. The van der Waals surface area contributed by atoms with Gasteiger partial charge in [0.25, 0.3) is 0 Å². The maximum Gasteiger partial charge on any atom is 0.323 e. The van der Waals surface area contributed by atoms with E-state index in [1.807, 2.05) is 24.3 Å². The molecule has 0 fully saturated rings. The van der Waals surface area contributed by atoms with Crippen LogP contribution in [0, 0.1) is 0 Å². The molecule has 0 spiro atoms. The van der Waals surface area contributed by atoms with Crippen LogP contribution in [0.25, 0.3) is 0 Å². The summed E-state index contributed by atoms with van der Waals surface area (Å²) in [4.78, 5) is 14.3. The summed E-state index contributed by atoms with van der Waals surface area (Å²) in [5.41, 5.74) is 2.30. The number of hydrogen-bond donors (Lipinski definition) is 2. The van der Waals surface area contributed by atoms with Crippen molar-refractivity contribution < 1.29 is 4.79 Å². The zero-order valence-electron chi connectivity index (χ0n) is 13.1. The zero-order valence-corrected chi connectivity index (χ0v) is 14.6. The number of anilines is 3. The van der Waals surface area contributed by atoms with Crippen LogP contribution < -0.4 is 15.5 Å². The molecule has 122 valence electrons. The first-order valence-electron chi connectivity index (χ1n) is 7.42. The van der Waals surface area contributed by atoms with Crippen LogP contribution in [0.15, 0.2) is 42.5 Å². The van der Waals surface area contributed by atoms with E-state index in [4.69, 9.17) is 23.2 Å². The Morgan fingerprint density at radius 1 is 1.00 bits per heavy atom. The van der Waals surface area contributed by atoms with Crippen LogP contribution in [0.3, 0.4) is 0 Å². The van der Waals surface area contributed by atoms with Crippen molar-refractivity contribution in [2.75, 3.05) is 28.6 Å². The number of benzene rings is 2. The molecule has 0 bridgehead atoms. The van der Waals surface area contributed by atoms with E-state index in [1.165, 1.54) is 0 Å². The first-order valence-corrected chi connectivity index (χ1v) is 8.17. The largest absolute Gasteiger partial charge is 0.372 e. The van der Waals surface area contributed by atoms with Crippen LogP contribution in [0.1, 0.15) is 13.8 Å². The summed E-state index contributed by atoms with van der Waals surface area (Å²) in [6, 6.07) is 12.4. The molecular formula is C17H19Cl2N3O. The molecule has 2 N–H and O–H groups in total. The second kappa shape index (κ2) is 8.09. The van der Waals surface area contributed by atoms with Crippen molar-refractivity contribution in [2.24, 2.45) is 0 Å². The SMILES string of the molecule is CCN(CC)c1ccc(NC(=O)Nc2cccc(Cl)c2Cl)cc1. The molecule has 0 aliphatic heterocycles. The molecule has 4 nitrogen and oxygen atoms in total. The van der Waals surface area contributed by atoms with Crippen molar-refractivity contribution >= 4 is 46.3 Å². The highest BCUT2D eigenvalue weighted by molar-refractivity contribution is 6.44. The van der Waals surface area contributed by atoms with Crippen LogP contribution in [0.2, 0.25) is 10.0 Å². The van der Waals surface area contributed by atoms with Gasteiger partial charge < -0.3 is 15.5 Å². The van der Waals surface area contributed by atoms with E-state index in [1.54, 1.807) is 18.2 Å². The first-order chi connectivity index (χ1) is 11.0. The smallest absolute Gasteiger partial charge is 0.323 e. The van der Waals surface area contributed by atoms with Crippen LogP contribution in [0.5, 0.6) is 0 Å². The fraction of sp³-hybridized carbons (Fsp3) is 0.235. The van der Waals surface area contributed by atoms with Crippen LogP contribution in [-0.4, -0.2) is 19.1 Å². The van der Waals surface area contributed by atoms with Crippen molar-refractivity contribution in [3.8, 4) is 0 Å². The predicted molar refractivity (Wildman–Crippen MR) is 99.1 cm³/mol. The van der Waals surface area contributed by atoms with Gasteiger partial charge in [0.15, 0.2) is 0 Å². The van der Waals surface area contributed by atoms with Crippen molar-refractivity contribution in [3.05, 3.63) is 52.5 Å². The fourth-order valence-electron chi connectivity index (χ4n) is 2.23. The lowest BCUT2D eigenvalue weighted by molar-refractivity contribution is 0.262. The van der Waals surface area contributed by atoms with E-state index < -0.39 is 0 Å². The van der Waals surface area contributed by atoms with Crippen LogP contribution in [0.4, 0.5) is 21.9 Å². The van der Waals surface area contributed by atoms with Crippen LogP contribution in [-0.2, 0) is 0 Å². The number of nitrogens with zero attached hydrogens (tertiary/aromatic N) is 1. The molecule has 0 radical (unpaired) electrons. The summed E-state index contributed by atoms with van der Waals surface area (Å²) >= 11 is 12.0. The minimum atomic E-state index is -0.371. The summed E-state index contributed by atoms with van der Waals surface area (Å²) < 4.78 is 0. The standard InChI is InChI=1S/C17H19Cl2N3O/c1-3-22(4-2)13-10-8-12(9-11-13)20-17(23)21-15-7-5-6-14(18)16(15)19/h5-11H,3-4H2,1-2H3,(H2,20,21,23). The molecule has 0 atom stereocenters. The Labute approximate surface area is 146 Å². The quantitative estimate of drug-likeness (QED) is 0.748. The van der Waals surface area contributed by atoms with Gasteiger partial charge in [-0.15, -0.1) is 0 Å². The predicted octanol–water partition coefficient (Wildman–Crippen LogP) is 5.48. The molecule has 6 heteroatoms. The second-order valence-corrected chi connectivity index (χ2v) is 5.68. The summed E-state index contributed by atoms with van der Waals surface area (Å²) in [6.07, 6.45) is 0. The molecular weight excluding hydrogens is 333 g/mol. The van der Waals surface area contributed by atoms with Gasteiger partial charge in [0, 0.05) is 24.5 Å². The first kappa shape index (κ1) is 17.4. The van der Waals surface area contributed by atoms with Crippen molar-refractivity contribution in [3.63, 3.8) is 0 Å². The van der Waals surface area contributed by atoms with Crippen LogP contribution >= 0.6 is 23.2 Å². The molecule has 2 rings (SSSR count). The fourth-order valence-corrected chi connectivity index (χ4v) is 2.58. The molecule has 0 aliphatic carbocycles. The lowest BCUT2D eigenvalue weighted by Gasteiger charge is -2.21. The molecule has 0 unspecified atom stereocenters. The van der Waals surface area contributed by atoms with Crippen molar-refractivity contribution in [1.82, 2.24) is 0 Å². The number of halogens is 2. The monoisotopic (exact) mass is 351 g/mol. The van der Waals surface area contributed by atoms with Gasteiger partial charge in [0.05, 0.1) is 15.7 Å². The normalized spacial score (nSPS) is 10.3. The number of urea groups is 1. The van der Waals surface area contributed by atoms with E-state index in [9.17, 15) is 4.79 Å². The molecule has 23 heavy (non-hydrogen) atoms. The van der Waals surface area contributed by atoms with E-state index in [2.05, 4.69) is 29.4 Å². The zero-order chi connectivity index (χ0) is 16.8. The summed E-state index contributed by atoms with van der Waals surface area (Å²) in [6.45, 7) is 6.10. The van der Waals surface area contributed by atoms with E-state index in [-0.39, 0.29) is 6.03 Å². The lowest BCUT2D eigenvalue weighted by Crippen LogP contribution is -2.22. The average molecular weight is 352 g/mol. The van der Waals surface area contributed by atoms with Gasteiger partial charge in [-0.2, -0.15) is 0 Å². The Kier molecular flexibility index (Phi) is 6.13. The van der Waals surface area contributed by atoms with Gasteiger partial charge in [-0.1, -0.05) is 29.3 Å². The number of nitrogens with one attached hydrogen (secondary N) is 2. The lowest BCUT2D eigenvalue weighted by atomic mass is 10.2. The third-order valence-electron chi connectivity index (χ3n) is 3.45. The molecule has 0 aromatic heterocycles. The van der Waals surface area contributed by atoms with Gasteiger partial charge >= 0.3 is 6.03 Å². The highest BCUT2D eigenvalue weighted by atomic mass is 35.5. The third kappa shape index (κ3) is 4.53. The van der Waals surface area contributed by atoms with Gasteiger partial charge in [0.1, 0.15) is 0 Å². The molecule has 2 aromatic carbocycles.